The van der Waals surface area contributed by atoms with Gasteiger partial charge in [0, 0.05) is 36.8 Å². The first kappa shape index (κ1) is 14.9. The summed E-state index contributed by atoms with van der Waals surface area (Å²) in [4.78, 5) is 32.9. The number of rotatable bonds is 3. The Morgan fingerprint density at radius 2 is 2.17 bits per heavy atom. The molecule has 4 atom stereocenters. The van der Waals surface area contributed by atoms with Crippen LogP contribution in [-0.2, 0) is 9.59 Å². The molecule has 2 bridgehead atoms. The number of carboxylic acid groups (broad SMARTS) is 1. The summed E-state index contributed by atoms with van der Waals surface area (Å²) in [5, 5.41) is 12.3. The lowest BCUT2D eigenvalue weighted by Crippen LogP contribution is -2.47. The number of hydrogen-bond acceptors (Lipinski definition) is 5. The first-order valence-electron chi connectivity index (χ1n) is 8.34. The minimum absolute atomic E-state index is 0.0247. The molecule has 3 aliphatic rings. The molecule has 3 fully saturated rings. The van der Waals surface area contributed by atoms with Crippen LogP contribution in [-0.4, -0.2) is 52.0 Å². The summed E-state index contributed by atoms with van der Waals surface area (Å²) in [6.45, 7) is 1.65. The maximum absolute atomic E-state index is 13.0. The zero-order valence-corrected chi connectivity index (χ0v) is 13.7. The van der Waals surface area contributed by atoms with Crippen LogP contribution in [0.2, 0.25) is 0 Å². The number of piperidine rings is 1. The summed E-state index contributed by atoms with van der Waals surface area (Å²) in [6, 6.07) is 0.0593. The van der Waals surface area contributed by atoms with Crippen LogP contribution in [0.25, 0.3) is 0 Å². The number of hydrogen-bond donors (Lipinski definition) is 1. The number of anilines is 1. The number of carboxylic acids is 1. The molecule has 124 valence electrons. The number of thiazole rings is 1. The van der Waals surface area contributed by atoms with Crippen molar-refractivity contribution >= 4 is 28.3 Å². The quantitative estimate of drug-likeness (QED) is 0.912. The normalized spacial score (nSPS) is 33.2. The van der Waals surface area contributed by atoms with Crippen molar-refractivity contribution in [2.45, 2.75) is 44.2 Å². The van der Waals surface area contributed by atoms with Crippen LogP contribution in [0.4, 0.5) is 5.13 Å². The van der Waals surface area contributed by atoms with Crippen LogP contribution < -0.4 is 4.90 Å². The van der Waals surface area contributed by atoms with Gasteiger partial charge in [-0.25, -0.2) is 4.98 Å². The van der Waals surface area contributed by atoms with Crippen molar-refractivity contribution < 1.29 is 14.7 Å². The van der Waals surface area contributed by atoms with E-state index in [0.717, 1.165) is 37.4 Å². The molecular formula is C16H21N3O3S. The molecule has 1 N–H and O–H groups in total. The highest BCUT2D eigenvalue weighted by Crippen LogP contribution is 2.43. The molecule has 1 aromatic heterocycles. The van der Waals surface area contributed by atoms with E-state index in [9.17, 15) is 14.7 Å². The summed E-state index contributed by atoms with van der Waals surface area (Å²) < 4.78 is 0. The molecule has 0 aromatic carbocycles. The van der Waals surface area contributed by atoms with E-state index in [1.165, 1.54) is 0 Å². The lowest BCUT2D eigenvalue weighted by atomic mass is 9.89. The standard InChI is InChI=1S/C16H21N3O3S/c20-14(19-11-3-4-13(19)12(8-11)15(21)22)10-2-1-6-18(9-10)16-17-5-7-23-16/h5,7,10-13H,1-4,6,8-9H2,(H,21,22)/t10?,11-,12-,13+/m1/s1. The topological polar surface area (TPSA) is 73.7 Å². The summed E-state index contributed by atoms with van der Waals surface area (Å²) in [5.41, 5.74) is 0. The fraction of sp³-hybridized carbons (Fsp3) is 0.688. The lowest BCUT2D eigenvalue weighted by molar-refractivity contribution is -0.143. The highest BCUT2D eigenvalue weighted by Gasteiger charge is 2.52. The van der Waals surface area contributed by atoms with Gasteiger partial charge in [0.05, 0.1) is 11.8 Å². The van der Waals surface area contributed by atoms with Crippen molar-refractivity contribution in [3.8, 4) is 0 Å². The molecule has 0 spiro atoms. The summed E-state index contributed by atoms with van der Waals surface area (Å²) >= 11 is 1.61. The number of aliphatic carboxylic acids is 1. The molecule has 0 saturated carbocycles. The largest absolute Gasteiger partial charge is 0.481 e. The van der Waals surface area contributed by atoms with E-state index < -0.39 is 5.97 Å². The smallest absolute Gasteiger partial charge is 0.308 e. The molecule has 3 aliphatic heterocycles. The molecule has 0 aliphatic carbocycles. The third kappa shape index (κ3) is 2.51. The fourth-order valence-corrected chi connectivity index (χ4v) is 5.21. The van der Waals surface area contributed by atoms with Crippen LogP contribution in [0.15, 0.2) is 11.6 Å². The second-order valence-corrected chi connectivity index (χ2v) is 7.70. The zero-order valence-electron chi connectivity index (χ0n) is 12.9. The van der Waals surface area contributed by atoms with E-state index >= 15 is 0 Å². The summed E-state index contributed by atoms with van der Waals surface area (Å²) in [7, 11) is 0. The molecule has 23 heavy (non-hydrogen) atoms. The van der Waals surface area contributed by atoms with Gasteiger partial charge in [0.15, 0.2) is 5.13 Å². The van der Waals surface area contributed by atoms with Gasteiger partial charge in [-0.2, -0.15) is 0 Å². The van der Waals surface area contributed by atoms with Gasteiger partial charge in [0.25, 0.3) is 0 Å². The molecule has 1 amide bonds. The Labute approximate surface area is 139 Å². The van der Waals surface area contributed by atoms with E-state index in [1.807, 2.05) is 10.3 Å². The fourth-order valence-electron chi connectivity index (χ4n) is 4.53. The van der Waals surface area contributed by atoms with Gasteiger partial charge in [-0.1, -0.05) is 0 Å². The molecule has 0 radical (unpaired) electrons. The SMILES string of the molecule is O=C(O)[C@@H]1C[C@H]2CC[C@@H]1N2C(=O)C1CCCN(c2nccs2)C1. The van der Waals surface area contributed by atoms with Crippen molar-refractivity contribution in [1.82, 2.24) is 9.88 Å². The maximum atomic E-state index is 13.0. The molecular weight excluding hydrogens is 314 g/mol. The van der Waals surface area contributed by atoms with Crippen molar-refractivity contribution in [2.24, 2.45) is 11.8 Å². The Bertz CT molecular complexity index is 606. The highest BCUT2D eigenvalue weighted by atomic mass is 32.1. The van der Waals surface area contributed by atoms with Crippen LogP contribution >= 0.6 is 11.3 Å². The van der Waals surface area contributed by atoms with Crippen LogP contribution in [0.3, 0.4) is 0 Å². The minimum atomic E-state index is -0.747. The number of nitrogens with zero attached hydrogens (tertiary/aromatic N) is 3. The average molecular weight is 335 g/mol. The van der Waals surface area contributed by atoms with Crippen LogP contribution in [0, 0.1) is 11.8 Å². The number of fused-ring (bicyclic) bond motifs is 2. The molecule has 3 saturated heterocycles. The van der Waals surface area contributed by atoms with Gasteiger partial charge >= 0.3 is 5.97 Å². The van der Waals surface area contributed by atoms with Crippen molar-refractivity contribution in [1.29, 1.82) is 0 Å². The van der Waals surface area contributed by atoms with Gasteiger partial charge in [-0.05, 0) is 32.1 Å². The number of amides is 1. The molecule has 6 nitrogen and oxygen atoms in total. The third-order valence-electron chi connectivity index (χ3n) is 5.57. The number of aromatic nitrogens is 1. The Kier molecular flexibility index (Phi) is 3.75. The van der Waals surface area contributed by atoms with Gasteiger partial charge in [-0.15, -0.1) is 11.3 Å². The van der Waals surface area contributed by atoms with E-state index in [1.54, 1.807) is 17.5 Å². The Morgan fingerprint density at radius 3 is 2.87 bits per heavy atom. The first-order chi connectivity index (χ1) is 11.1. The van der Waals surface area contributed by atoms with Crippen molar-refractivity contribution in [3.63, 3.8) is 0 Å². The van der Waals surface area contributed by atoms with E-state index in [4.69, 9.17) is 0 Å². The van der Waals surface area contributed by atoms with Crippen LogP contribution in [0.1, 0.15) is 32.1 Å². The minimum Gasteiger partial charge on any atom is -0.481 e. The van der Waals surface area contributed by atoms with Gasteiger partial charge in [0.1, 0.15) is 0 Å². The van der Waals surface area contributed by atoms with Gasteiger partial charge in [-0.3, -0.25) is 9.59 Å². The Morgan fingerprint density at radius 1 is 1.30 bits per heavy atom. The first-order valence-corrected chi connectivity index (χ1v) is 9.22. The second kappa shape index (κ2) is 5.78. The van der Waals surface area contributed by atoms with Gasteiger partial charge < -0.3 is 14.9 Å². The van der Waals surface area contributed by atoms with E-state index in [-0.39, 0.29) is 29.8 Å². The number of carbonyl (C=O) groups excluding carboxylic acids is 1. The maximum Gasteiger partial charge on any atom is 0.308 e. The predicted molar refractivity (Wildman–Crippen MR) is 86.4 cm³/mol. The zero-order chi connectivity index (χ0) is 16.0. The second-order valence-electron chi connectivity index (χ2n) is 6.82. The lowest BCUT2D eigenvalue weighted by Gasteiger charge is -2.35. The van der Waals surface area contributed by atoms with Gasteiger partial charge in [0.2, 0.25) is 5.91 Å². The van der Waals surface area contributed by atoms with E-state index in [2.05, 4.69) is 9.88 Å². The average Bonchev–Trinajstić information content (AvgIpc) is 3.29. The molecule has 7 heteroatoms. The van der Waals surface area contributed by atoms with E-state index in [0.29, 0.717) is 13.0 Å². The third-order valence-corrected chi connectivity index (χ3v) is 6.40. The molecule has 4 heterocycles. The van der Waals surface area contributed by atoms with Crippen molar-refractivity contribution in [2.75, 3.05) is 18.0 Å². The van der Waals surface area contributed by atoms with Crippen molar-refractivity contribution in [3.05, 3.63) is 11.6 Å². The Balaban J connectivity index is 1.48. The highest BCUT2D eigenvalue weighted by molar-refractivity contribution is 7.13. The summed E-state index contributed by atoms with van der Waals surface area (Å²) in [5.74, 6) is -0.967. The summed E-state index contributed by atoms with van der Waals surface area (Å²) in [6.07, 6.45) is 6.12. The number of carbonyl (C=O) groups is 2. The molecule has 1 aromatic rings. The predicted octanol–water partition coefficient (Wildman–Crippen LogP) is 1.82. The monoisotopic (exact) mass is 335 g/mol. The van der Waals surface area contributed by atoms with Crippen LogP contribution in [0.5, 0.6) is 0 Å². The molecule has 1 unspecified atom stereocenters. The molecule has 4 rings (SSSR count). The Hall–Kier alpha value is -1.63.